The maximum Gasteiger partial charge on any atom is 0.240 e. The van der Waals surface area contributed by atoms with Crippen LogP contribution in [0.5, 0.6) is 0 Å². The van der Waals surface area contributed by atoms with Crippen LogP contribution in [0.2, 0.25) is 0 Å². The molecular weight excluding hydrogens is 354 g/mol. The first kappa shape index (κ1) is 19.3. The van der Waals surface area contributed by atoms with Crippen LogP contribution in [0.25, 0.3) is 0 Å². The number of benzene rings is 1. The van der Waals surface area contributed by atoms with Gasteiger partial charge in [-0.2, -0.15) is 0 Å². The molecule has 0 radical (unpaired) electrons. The van der Waals surface area contributed by atoms with Gasteiger partial charge >= 0.3 is 0 Å². The Morgan fingerprint density at radius 1 is 1.31 bits per heavy atom. The molecule has 0 saturated carbocycles. The second-order valence-corrected chi connectivity index (χ2v) is 8.58. The number of fused-ring (bicyclic) bond motifs is 1. The number of nitrogens with one attached hydrogen (secondary N) is 1. The third-order valence-electron chi connectivity index (χ3n) is 4.97. The summed E-state index contributed by atoms with van der Waals surface area (Å²) in [5.74, 6) is 0.0653. The largest absolute Gasteiger partial charge is 0.379 e. The first-order valence-corrected chi connectivity index (χ1v) is 10.7. The molecule has 7 nitrogen and oxygen atoms in total. The normalized spacial score (nSPS) is 21.0. The van der Waals surface area contributed by atoms with Crippen LogP contribution < -0.4 is 9.62 Å². The minimum absolute atomic E-state index is 0.0599. The second-order valence-electron chi connectivity index (χ2n) is 6.81. The van der Waals surface area contributed by atoms with E-state index in [4.69, 9.17) is 4.74 Å². The maximum absolute atomic E-state index is 12.6. The molecule has 0 aromatic heterocycles. The lowest BCUT2D eigenvalue weighted by atomic mass is 10.1. The molecule has 2 aliphatic heterocycles. The summed E-state index contributed by atoms with van der Waals surface area (Å²) in [4.78, 5) is 16.4. The first-order valence-electron chi connectivity index (χ1n) is 9.17. The van der Waals surface area contributed by atoms with E-state index in [1.807, 2.05) is 13.8 Å². The summed E-state index contributed by atoms with van der Waals surface area (Å²) in [5, 5.41) is 0. The third-order valence-corrected chi connectivity index (χ3v) is 6.43. The molecule has 0 spiro atoms. The SMILES string of the molecule is CCC(=O)N1c2ccc(S(=O)(=O)NCCN3CCOCC3)cc2CC1C. The van der Waals surface area contributed by atoms with Crippen molar-refractivity contribution < 1.29 is 17.9 Å². The van der Waals surface area contributed by atoms with Crippen molar-refractivity contribution in [1.29, 1.82) is 0 Å². The Hall–Kier alpha value is -1.48. The van der Waals surface area contributed by atoms with E-state index < -0.39 is 10.0 Å². The van der Waals surface area contributed by atoms with E-state index in [9.17, 15) is 13.2 Å². The molecule has 0 aliphatic carbocycles. The zero-order chi connectivity index (χ0) is 18.7. The molecule has 1 saturated heterocycles. The van der Waals surface area contributed by atoms with E-state index in [0.29, 0.717) is 39.1 Å². The fraction of sp³-hybridized carbons (Fsp3) is 0.611. The predicted octanol–water partition coefficient (Wildman–Crippen LogP) is 0.985. The van der Waals surface area contributed by atoms with Gasteiger partial charge in [0.1, 0.15) is 0 Å². The van der Waals surface area contributed by atoms with Crippen LogP contribution in [0.15, 0.2) is 23.1 Å². The number of hydrogen-bond donors (Lipinski definition) is 1. The summed E-state index contributed by atoms with van der Waals surface area (Å²) < 4.78 is 33.2. The number of rotatable bonds is 6. The molecule has 1 fully saturated rings. The summed E-state index contributed by atoms with van der Waals surface area (Å²) in [6, 6.07) is 5.10. The van der Waals surface area contributed by atoms with Crippen molar-refractivity contribution in [2.45, 2.75) is 37.6 Å². The topological polar surface area (TPSA) is 79.0 Å². The molecule has 0 bridgehead atoms. The Bertz CT molecular complexity index is 760. The molecule has 3 rings (SSSR count). The van der Waals surface area contributed by atoms with Crippen molar-refractivity contribution in [2.24, 2.45) is 0 Å². The average molecular weight is 381 g/mol. The lowest BCUT2D eigenvalue weighted by Crippen LogP contribution is -2.41. The minimum Gasteiger partial charge on any atom is -0.379 e. The number of carbonyl (C=O) groups excluding carboxylic acids is 1. The molecule has 1 aromatic rings. The van der Waals surface area contributed by atoms with Gasteiger partial charge in [-0.1, -0.05) is 6.92 Å². The van der Waals surface area contributed by atoms with Crippen molar-refractivity contribution >= 4 is 21.6 Å². The van der Waals surface area contributed by atoms with Gasteiger partial charge in [0.2, 0.25) is 15.9 Å². The molecule has 2 aliphatic rings. The Labute approximate surface area is 155 Å². The smallest absolute Gasteiger partial charge is 0.240 e. The van der Waals surface area contributed by atoms with Crippen LogP contribution in [0.4, 0.5) is 5.69 Å². The van der Waals surface area contributed by atoms with Crippen LogP contribution >= 0.6 is 0 Å². The number of anilines is 1. The molecule has 2 heterocycles. The molecule has 1 unspecified atom stereocenters. The standard InChI is InChI=1S/C18H27N3O4S/c1-3-18(22)21-14(2)12-15-13-16(4-5-17(15)21)26(23,24)19-6-7-20-8-10-25-11-9-20/h4-5,13-14,19H,3,6-12H2,1-2H3. The van der Waals surface area contributed by atoms with Gasteiger partial charge in [0.05, 0.1) is 18.1 Å². The summed E-state index contributed by atoms with van der Waals surface area (Å²) in [6.07, 6.45) is 1.12. The number of carbonyl (C=O) groups is 1. The van der Waals surface area contributed by atoms with Crippen LogP contribution in [-0.4, -0.2) is 64.7 Å². The number of sulfonamides is 1. The van der Waals surface area contributed by atoms with E-state index in [1.54, 1.807) is 23.1 Å². The summed E-state index contributed by atoms with van der Waals surface area (Å²) in [6.45, 7) is 7.93. The molecule has 26 heavy (non-hydrogen) atoms. The van der Waals surface area contributed by atoms with Gasteiger partial charge in [0.25, 0.3) is 0 Å². The summed E-state index contributed by atoms with van der Waals surface area (Å²) >= 11 is 0. The zero-order valence-corrected chi connectivity index (χ0v) is 16.2. The van der Waals surface area contributed by atoms with Crippen molar-refractivity contribution in [1.82, 2.24) is 9.62 Å². The van der Waals surface area contributed by atoms with Crippen molar-refractivity contribution in [3.63, 3.8) is 0 Å². The Balaban J connectivity index is 1.67. The molecule has 1 amide bonds. The quantitative estimate of drug-likeness (QED) is 0.795. The van der Waals surface area contributed by atoms with E-state index in [-0.39, 0.29) is 16.8 Å². The Kier molecular flexibility index (Phi) is 5.96. The highest BCUT2D eigenvalue weighted by molar-refractivity contribution is 7.89. The van der Waals surface area contributed by atoms with Crippen LogP contribution in [0.3, 0.4) is 0 Å². The number of ether oxygens (including phenoxy) is 1. The van der Waals surface area contributed by atoms with E-state index in [1.165, 1.54) is 0 Å². The van der Waals surface area contributed by atoms with Crippen molar-refractivity contribution in [3.05, 3.63) is 23.8 Å². The van der Waals surface area contributed by atoms with Gasteiger partial charge in [0.15, 0.2) is 0 Å². The van der Waals surface area contributed by atoms with Crippen molar-refractivity contribution in [3.8, 4) is 0 Å². The van der Waals surface area contributed by atoms with Gasteiger partial charge in [-0.05, 0) is 37.1 Å². The lowest BCUT2D eigenvalue weighted by Gasteiger charge is -2.26. The second kappa shape index (κ2) is 8.04. The highest BCUT2D eigenvalue weighted by atomic mass is 32.2. The maximum atomic E-state index is 12.6. The van der Waals surface area contributed by atoms with Gasteiger partial charge < -0.3 is 9.64 Å². The number of hydrogen-bond acceptors (Lipinski definition) is 5. The average Bonchev–Trinajstić information content (AvgIpc) is 2.96. The summed E-state index contributed by atoms with van der Waals surface area (Å²) in [7, 11) is -3.55. The van der Waals surface area contributed by atoms with Crippen molar-refractivity contribution in [2.75, 3.05) is 44.3 Å². The van der Waals surface area contributed by atoms with E-state index in [2.05, 4.69) is 9.62 Å². The molecule has 1 aromatic carbocycles. The van der Waals surface area contributed by atoms with E-state index >= 15 is 0 Å². The summed E-state index contributed by atoms with van der Waals surface area (Å²) in [5.41, 5.74) is 1.74. The molecule has 1 N–H and O–H groups in total. The highest BCUT2D eigenvalue weighted by Crippen LogP contribution is 2.34. The zero-order valence-electron chi connectivity index (χ0n) is 15.4. The van der Waals surface area contributed by atoms with E-state index in [0.717, 1.165) is 24.3 Å². The lowest BCUT2D eigenvalue weighted by molar-refractivity contribution is -0.118. The molecule has 144 valence electrons. The fourth-order valence-electron chi connectivity index (χ4n) is 3.57. The van der Waals surface area contributed by atoms with Crippen LogP contribution in [-0.2, 0) is 26.0 Å². The predicted molar refractivity (Wildman–Crippen MR) is 99.8 cm³/mol. The molecular formula is C18H27N3O4S. The number of nitrogens with zero attached hydrogens (tertiary/aromatic N) is 2. The third kappa shape index (κ3) is 4.09. The first-order chi connectivity index (χ1) is 12.4. The monoisotopic (exact) mass is 381 g/mol. The van der Waals surface area contributed by atoms with Gasteiger partial charge in [-0.25, -0.2) is 13.1 Å². The van der Waals surface area contributed by atoms with Crippen LogP contribution in [0.1, 0.15) is 25.8 Å². The van der Waals surface area contributed by atoms with Gasteiger partial charge in [-0.3, -0.25) is 9.69 Å². The minimum atomic E-state index is -3.55. The highest BCUT2D eigenvalue weighted by Gasteiger charge is 2.31. The Morgan fingerprint density at radius 2 is 2.04 bits per heavy atom. The fourth-order valence-corrected chi connectivity index (χ4v) is 4.64. The number of morpholine rings is 1. The molecule has 8 heteroatoms. The van der Waals surface area contributed by atoms with Crippen LogP contribution in [0, 0.1) is 0 Å². The molecule has 1 atom stereocenters. The Morgan fingerprint density at radius 3 is 2.73 bits per heavy atom. The van der Waals surface area contributed by atoms with Gasteiger partial charge in [-0.15, -0.1) is 0 Å². The number of amides is 1. The van der Waals surface area contributed by atoms with Gasteiger partial charge in [0, 0.05) is 44.3 Å².